The van der Waals surface area contributed by atoms with Crippen LogP contribution in [0, 0.1) is 0 Å². The fourth-order valence-corrected chi connectivity index (χ4v) is 5.48. The van der Waals surface area contributed by atoms with Gasteiger partial charge in [0, 0.05) is 24.9 Å². The van der Waals surface area contributed by atoms with Crippen molar-refractivity contribution in [1.82, 2.24) is 10.2 Å². The largest absolute Gasteiger partial charge is 0.490 e. The van der Waals surface area contributed by atoms with Gasteiger partial charge in [-0.05, 0) is 24.5 Å². The third-order valence-electron chi connectivity index (χ3n) is 6.09. The molecule has 1 fully saturated rings. The van der Waals surface area contributed by atoms with E-state index < -0.39 is 53.5 Å². The molecule has 1 aromatic rings. The van der Waals surface area contributed by atoms with E-state index in [2.05, 4.69) is 5.32 Å². The SMILES string of the molecule is CO/C(=C\c1ccccc1)C(=O)OCC1=C(C(=O)O)N2C(=O)[C@](NC(=O)CCC[C@H](N)C(=O)O)(OC)[C@H]2SC1. The first kappa shape index (κ1) is 29.7. The lowest BCUT2D eigenvalue weighted by Crippen LogP contribution is -2.80. The summed E-state index contributed by atoms with van der Waals surface area (Å²) >= 11 is 1.13. The average molecular weight is 564 g/mol. The number of β-lactam (4-membered cyclic amide) rings is 1. The summed E-state index contributed by atoms with van der Waals surface area (Å²) in [5.41, 5.74) is 4.15. The van der Waals surface area contributed by atoms with E-state index in [0.717, 1.165) is 16.7 Å². The van der Waals surface area contributed by atoms with Gasteiger partial charge < -0.3 is 35.5 Å². The predicted octanol–water partition coefficient (Wildman–Crippen LogP) is 0.512. The van der Waals surface area contributed by atoms with Gasteiger partial charge in [0.2, 0.25) is 11.7 Å². The highest BCUT2D eigenvalue weighted by Gasteiger charge is 2.66. The fourth-order valence-electron chi connectivity index (χ4n) is 4.06. The van der Waals surface area contributed by atoms with E-state index in [4.69, 9.17) is 25.1 Å². The van der Waals surface area contributed by atoms with E-state index in [-0.39, 0.29) is 42.0 Å². The Kier molecular flexibility index (Phi) is 9.72. The minimum absolute atomic E-state index is 0.0558. The van der Waals surface area contributed by atoms with Crippen LogP contribution < -0.4 is 11.1 Å². The van der Waals surface area contributed by atoms with Crippen molar-refractivity contribution < 1.29 is 48.4 Å². The van der Waals surface area contributed by atoms with Gasteiger partial charge in [0.15, 0.2) is 0 Å². The molecule has 14 heteroatoms. The van der Waals surface area contributed by atoms with Crippen LogP contribution in [0.5, 0.6) is 0 Å². The van der Waals surface area contributed by atoms with Crippen molar-refractivity contribution in [2.45, 2.75) is 36.4 Å². The molecule has 1 saturated heterocycles. The van der Waals surface area contributed by atoms with Crippen molar-refractivity contribution in [2.75, 3.05) is 26.6 Å². The molecule has 0 unspecified atom stereocenters. The topological polar surface area (TPSA) is 195 Å². The van der Waals surface area contributed by atoms with Crippen LogP contribution in [0.25, 0.3) is 6.08 Å². The first-order valence-electron chi connectivity index (χ1n) is 11.8. The molecule has 3 atom stereocenters. The van der Waals surface area contributed by atoms with Crippen LogP contribution in [-0.2, 0) is 38.2 Å². The van der Waals surface area contributed by atoms with Crippen molar-refractivity contribution in [3.63, 3.8) is 0 Å². The maximum absolute atomic E-state index is 13.2. The van der Waals surface area contributed by atoms with Gasteiger partial charge in [0.05, 0.1) is 7.11 Å². The highest BCUT2D eigenvalue weighted by atomic mass is 32.2. The highest BCUT2D eigenvalue weighted by molar-refractivity contribution is 8.00. The van der Waals surface area contributed by atoms with Crippen molar-refractivity contribution in [3.8, 4) is 0 Å². The normalized spacial score (nSPS) is 21.4. The van der Waals surface area contributed by atoms with Gasteiger partial charge in [-0.15, -0.1) is 11.8 Å². The number of carbonyl (C=O) groups excluding carboxylic acids is 3. The molecular weight excluding hydrogens is 534 g/mol. The van der Waals surface area contributed by atoms with Crippen LogP contribution in [0.15, 0.2) is 47.4 Å². The number of nitrogens with two attached hydrogens (primary N) is 1. The predicted molar refractivity (Wildman–Crippen MR) is 137 cm³/mol. The molecule has 2 aliphatic heterocycles. The third kappa shape index (κ3) is 6.41. The number of carboxylic acids is 2. The zero-order chi connectivity index (χ0) is 28.7. The summed E-state index contributed by atoms with van der Waals surface area (Å²) in [6, 6.07) is 7.78. The molecule has 0 spiro atoms. The van der Waals surface area contributed by atoms with Gasteiger partial charge in [0.1, 0.15) is 23.7 Å². The number of nitrogens with zero attached hydrogens (tertiary/aromatic N) is 1. The lowest BCUT2D eigenvalue weighted by atomic mass is 9.97. The molecule has 39 heavy (non-hydrogen) atoms. The Bertz CT molecular complexity index is 1200. The summed E-state index contributed by atoms with van der Waals surface area (Å²) in [5.74, 6) is -4.83. The number of fused-ring (bicyclic) bond motifs is 1. The fraction of sp³-hybridized carbons (Fsp3) is 0.400. The molecule has 2 aliphatic rings. The lowest BCUT2D eigenvalue weighted by Gasteiger charge is -2.55. The molecular formula is C25H29N3O10S. The first-order valence-corrected chi connectivity index (χ1v) is 12.8. The standard InChI is InChI=1S/C25H29N3O10S/c1-36-17(11-14-7-4-3-5-8-14)22(34)38-12-15-13-39-24-25(37-2,23(35)28(24)19(15)21(32)33)27-18(29)10-6-9-16(26)20(30)31/h3-5,7-8,11,16,24H,6,9-10,12-13,26H2,1-2H3,(H,27,29)(H,30,31)(H,32,33)/b17-11-/t16-,24+,25-/m0/s1. The van der Waals surface area contributed by atoms with Crippen LogP contribution in [0.1, 0.15) is 24.8 Å². The number of carbonyl (C=O) groups is 5. The summed E-state index contributed by atoms with van der Waals surface area (Å²) in [5, 5.41) is 20.4. The molecule has 210 valence electrons. The minimum atomic E-state index is -1.80. The Hall–Kier alpha value is -3.88. The first-order chi connectivity index (χ1) is 18.5. The number of hydrogen-bond acceptors (Lipinski definition) is 10. The van der Waals surface area contributed by atoms with Gasteiger partial charge in [-0.2, -0.15) is 0 Å². The summed E-state index contributed by atoms with van der Waals surface area (Å²) < 4.78 is 15.8. The van der Waals surface area contributed by atoms with Gasteiger partial charge in [-0.1, -0.05) is 30.3 Å². The monoisotopic (exact) mass is 563 g/mol. The van der Waals surface area contributed by atoms with Crippen molar-refractivity contribution in [3.05, 3.63) is 52.9 Å². The number of methoxy groups -OCH3 is 2. The van der Waals surface area contributed by atoms with Gasteiger partial charge in [-0.25, -0.2) is 9.59 Å². The van der Waals surface area contributed by atoms with Crippen LogP contribution in [0.2, 0.25) is 0 Å². The van der Waals surface area contributed by atoms with Crippen LogP contribution in [0.4, 0.5) is 0 Å². The molecule has 5 N–H and O–H groups in total. The number of carboxylic acid groups (broad SMARTS) is 2. The number of benzene rings is 1. The van der Waals surface area contributed by atoms with E-state index in [0.29, 0.717) is 5.56 Å². The number of amides is 2. The summed E-state index contributed by atoms with van der Waals surface area (Å²) in [6.45, 7) is -0.407. The number of thioether (sulfide) groups is 1. The Labute approximate surface area is 227 Å². The summed E-state index contributed by atoms with van der Waals surface area (Å²) in [4.78, 5) is 62.2. The second kappa shape index (κ2) is 12.8. The average Bonchev–Trinajstić information content (AvgIpc) is 2.92. The van der Waals surface area contributed by atoms with E-state index in [1.54, 1.807) is 24.3 Å². The highest BCUT2D eigenvalue weighted by Crippen LogP contribution is 2.46. The molecule has 0 radical (unpaired) electrons. The second-order valence-corrected chi connectivity index (χ2v) is 9.69. The summed E-state index contributed by atoms with van der Waals surface area (Å²) in [6.07, 6.45) is 1.58. The van der Waals surface area contributed by atoms with E-state index in [1.807, 2.05) is 6.07 Å². The zero-order valence-electron chi connectivity index (χ0n) is 21.2. The number of rotatable bonds is 13. The van der Waals surface area contributed by atoms with Crippen LogP contribution >= 0.6 is 11.8 Å². The molecule has 2 heterocycles. The quantitative estimate of drug-likeness (QED) is 0.0855. The van der Waals surface area contributed by atoms with Crippen molar-refractivity contribution in [2.24, 2.45) is 5.73 Å². The summed E-state index contributed by atoms with van der Waals surface area (Å²) in [7, 11) is 2.51. The van der Waals surface area contributed by atoms with Crippen LogP contribution in [0.3, 0.4) is 0 Å². The number of ether oxygens (including phenoxy) is 3. The lowest BCUT2D eigenvalue weighted by molar-refractivity contribution is -0.192. The number of nitrogens with one attached hydrogen (secondary N) is 1. The Morgan fingerprint density at radius 2 is 1.92 bits per heavy atom. The number of esters is 1. The molecule has 0 aromatic heterocycles. The second-order valence-electron chi connectivity index (χ2n) is 8.62. The maximum atomic E-state index is 13.2. The molecule has 2 amide bonds. The molecule has 0 bridgehead atoms. The third-order valence-corrected chi connectivity index (χ3v) is 7.47. The number of aliphatic carboxylic acids is 2. The van der Waals surface area contributed by atoms with Crippen molar-refractivity contribution in [1.29, 1.82) is 0 Å². The van der Waals surface area contributed by atoms with Gasteiger partial charge in [0.25, 0.3) is 11.6 Å². The Balaban J connectivity index is 1.70. The van der Waals surface area contributed by atoms with E-state index in [1.165, 1.54) is 20.3 Å². The molecule has 0 saturated carbocycles. The van der Waals surface area contributed by atoms with Gasteiger partial charge >= 0.3 is 17.9 Å². The van der Waals surface area contributed by atoms with E-state index in [9.17, 15) is 29.1 Å². The maximum Gasteiger partial charge on any atom is 0.373 e. The Morgan fingerprint density at radius 3 is 2.51 bits per heavy atom. The molecule has 13 nitrogen and oxygen atoms in total. The van der Waals surface area contributed by atoms with Gasteiger partial charge in [-0.3, -0.25) is 19.3 Å². The molecule has 1 aromatic carbocycles. The minimum Gasteiger partial charge on any atom is -0.490 e. The molecule has 0 aliphatic carbocycles. The van der Waals surface area contributed by atoms with Crippen molar-refractivity contribution >= 4 is 47.6 Å². The number of hydrogen-bond donors (Lipinski definition) is 4. The van der Waals surface area contributed by atoms with E-state index >= 15 is 0 Å². The Morgan fingerprint density at radius 1 is 1.23 bits per heavy atom. The smallest absolute Gasteiger partial charge is 0.373 e. The zero-order valence-corrected chi connectivity index (χ0v) is 22.1. The molecule has 3 rings (SSSR count). The van der Waals surface area contributed by atoms with Crippen LogP contribution in [-0.4, -0.2) is 88.6 Å².